The molecule has 132 valence electrons. The number of aromatic nitrogens is 3. The first-order valence-electron chi connectivity index (χ1n) is 7.48. The minimum Gasteiger partial charge on any atom is -0.378 e. The molecule has 3 heterocycles. The summed E-state index contributed by atoms with van der Waals surface area (Å²) < 4.78 is 28.8. The lowest BCUT2D eigenvalue weighted by Gasteiger charge is -2.18. The van der Waals surface area contributed by atoms with Crippen molar-refractivity contribution in [2.24, 2.45) is 0 Å². The van der Waals surface area contributed by atoms with Gasteiger partial charge in [0.1, 0.15) is 18.0 Å². The van der Waals surface area contributed by atoms with Crippen LogP contribution in [-0.4, -0.2) is 52.0 Å². The van der Waals surface area contributed by atoms with Crippen molar-refractivity contribution in [1.82, 2.24) is 14.5 Å². The Bertz CT molecular complexity index is 841. The van der Waals surface area contributed by atoms with Crippen LogP contribution in [-0.2, 0) is 18.6 Å². The molecule has 2 aromatic heterocycles. The summed E-state index contributed by atoms with van der Waals surface area (Å²) in [5, 5.41) is 0.804. The summed E-state index contributed by atoms with van der Waals surface area (Å²) >= 11 is 0. The smallest absolute Gasteiger partial charge is 0.351 e. The Labute approximate surface area is 138 Å². The fraction of sp³-hybridized carbons (Fsp3) is 0.571. The van der Waals surface area contributed by atoms with Gasteiger partial charge in [0.05, 0.1) is 12.7 Å². The highest BCUT2D eigenvalue weighted by molar-refractivity contribution is 7.51. The number of H-pyrrole nitrogens is 1. The molecule has 24 heavy (non-hydrogen) atoms. The van der Waals surface area contributed by atoms with E-state index in [-0.39, 0.29) is 12.7 Å². The second kappa shape index (κ2) is 6.42. The number of methoxy groups -OCH3 is 1. The van der Waals surface area contributed by atoms with Crippen molar-refractivity contribution in [2.75, 3.05) is 20.4 Å². The molecule has 1 aliphatic rings. The summed E-state index contributed by atoms with van der Waals surface area (Å²) in [7, 11) is -2.09. The third-order valence-corrected chi connectivity index (χ3v) is 4.57. The molecule has 3 rings (SSSR count). The summed E-state index contributed by atoms with van der Waals surface area (Å²) in [6.07, 6.45) is 0.637. The van der Waals surface area contributed by atoms with Crippen molar-refractivity contribution >= 4 is 18.6 Å². The first kappa shape index (κ1) is 17.3. The van der Waals surface area contributed by atoms with E-state index in [4.69, 9.17) is 14.0 Å². The highest BCUT2D eigenvalue weighted by Crippen LogP contribution is 2.39. The molecule has 2 N–H and O–H groups in total. The van der Waals surface area contributed by atoms with Crippen LogP contribution < -0.4 is 5.69 Å². The molecular weight excluding hydrogens is 337 g/mol. The minimum atomic E-state index is -3.61. The van der Waals surface area contributed by atoms with Gasteiger partial charge in [0, 0.05) is 37.5 Å². The molecule has 0 aromatic carbocycles. The van der Waals surface area contributed by atoms with Crippen LogP contribution in [0.4, 0.5) is 0 Å². The van der Waals surface area contributed by atoms with Crippen LogP contribution in [0.3, 0.4) is 0 Å². The van der Waals surface area contributed by atoms with Gasteiger partial charge >= 0.3 is 13.3 Å². The largest absolute Gasteiger partial charge is 0.378 e. The van der Waals surface area contributed by atoms with Crippen molar-refractivity contribution in [2.45, 2.75) is 31.8 Å². The molecule has 0 radical (unpaired) electrons. The van der Waals surface area contributed by atoms with E-state index in [9.17, 15) is 14.3 Å². The number of aromatic amines is 1. The zero-order valence-electron chi connectivity index (χ0n) is 13.6. The second-order valence-electron chi connectivity index (χ2n) is 5.92. The predicted octanol–water partition coefficient (Wildman–Crippen LogP) is 1.17. The van der Waals surface area contributed by atoms with Crippen LogP contribution in [0.15, 0.2) is 17.1 Å². The Balaban J connectivity index is 1.83. The quantitative estimate of drug-likeness (QED) is 0.772. The second-order valence-corrected chi connectivity index (χ2v) is 7.79. The third-order valence-electron chi connectivity index (χ3n) is 3.94. The maximum absolute atomic E-state index is 12.2. The van der Waals surface area contributed by atoms with E-state index in [1.54, 1.807) is 6.20 Å². The number of fused-ring (bicyclic) bond motifs is 1. The summed E-state index contributed by atoms with van der Waals surface area (Å²) in [6.45, 7) is 2.90. The molecule has 0 bridgehead atoms. The molecule has 1 fully saturated rings. The fourth-order valence-corrected chi connectivity index (χ4v) is 3.26. The summed E-state index contributed by atoms with van der Waals surface area (Å²) in [5.41, 5.74) is 1.00. The molecule has 1 saturated heterocycles. The number of aryl methyl sites for hydroxylation is 1. The predicted molar refractivity (Wildman–Crippen MR) is 86.1 cm³/mol. The number of hydrogen-bond acceptors (Lipinski definition) is 6. The van der Waals surface area contributed by atoms with Gasteiger partial charge in [-0.2, -0.15) is 4.98 Å². The maximum Gasteiger partial charge on any atom is 0.351 e. The maximum atomic E-state index is 12.2. The van der Waals surface area contributed by atoms with Gasteiger partial charge in [-0.1, -0.05) is 0 Å². The Morgan fingerprint density at radius 3 is 3.00 bits per heavy atom. The molecule has 0 amide bonds. The molecule has 2 aromatic rings. The van der Waals surface area contributed by atoms with Gasteiger partial charge < -0.3 is 23.9 Å². The van der Waals surface area contributed by atoms with E-state index in [0.29, 0.717) is 12.1 Å². The van der Waals surface area contributed by atoms with Crippen molar-refractivity contribution in [1.29, 1.82) is 0 Å². The topological polar surface area (TPSA) is 116 Å². The van der Waals surface area contributed by atoms with Crippen LogP contribution in [0.5, 0.6) is 0 Å². The fourth-order valence-electron chi connectivity index (χ4n) is 2.83. The van der Waals surface area contributed by atoms with E-state index in [1.165, 1.54) is 11.7 Å². The number of nitrogens with zero attached hydrogens (tertiary/aromatic N) is 2. The molecule has 9 nitrogen and oxygen atoms in total. The van der Waals surface area contributed by atoms with Gasteiger partial charge in [0.2, 0.25) is 0 Å². The molecule has 0 saturated carbocycles. The number of hydrogen-bond donors (Lipinski definition) is 2. The summed E-state index contributed by atoms with van der Waals surface area (Å²) in [6, 6.07) is 1.89. The monoisotopic (exact) mass is 357 g/mol. The SMILES string of the molecule is CO[C@@H]1C[C@H](n2cc3cc(C)[nH]c3nc2=O)O[C@@H]1COP(C)(=O)O. The summed E-state index contributed by atoms with van der Waals surface area (Å²) in [4.78, 5) is 28.5. The highest BCUT2D eigenvalue weighted by Gasteiger charge is 2.38. The number of ether oxygens (including phenoxy) is 2. The van der Waals surface area contributed by atoms with Crippen LogP contribution in [0, 0.1) is 6.92 Å². The molecule has 1 aliphatic heterocycles. The standard InChI is InChI=1S/C14H20N3O6P/c1-8-4-9-6-17(14(18)16-13(9)15-8)12-5-10(21-2)11(23-12)7-22-24(3,19)20/h4,6,10-12H,5,7H2,1-3H3,(H,19,20)(H,15,16,18)/t10-,11-,12-/m1/s1. The first-order chi connectivity index (χ1) is 11.3. The van der Waals surface area contributed by atoms with Gasteiger partial charge in [0.15, 0.2) is 0 Å². The molecule has 0 aliphatic carbocycles. The normalized spacial score (nSPS) is 26.8. The Morgan fingerprint density at radius 1 is 1.58 bits per heavy atom. The van der Waals surface area contributed by atoms with E-state index in [0.717, 1.165) is 17.7 Å². The first-order valence-corrected chi connectivity index (χ1v) is 9.51. The molecule has 0 spiro atoms. The van der Waals surface area contributed by atoms with Gasteiger partial charge in [-0.05, 0) is 13.0 Å². The third kappa shape index (κ3) is 3.60. The van der Waals surface area contributed by atoms with Crippen molar-refractivity contribution in [3.05, 3.63) is 28.4 Å². The van der Waals surface area contributed by atoms with E-state index < -0.39 is 25.6 Å². The van der Waals surface area contributed by atoms with Crippen molar-refractivity contribution < 1.29 is 23.5 Å². The van der Waals surface area contributed by atoms with Gasteiger partial charge in [-0.25, -0.2) is 4.79 Å². The Morgan fingerprint density at radius 2 is 2.33 bits per heavy atom. The van der Waals surface area contributed by atoms with Gasteiger partial charge in [0.25, 0.3) is 0 Å². The zero-order valence-corrected chi connectivity index (χ0v) is 14.5. The van der Waals surface area contributed by atoms with Crippen LogP contribution in [0.25, 0.3) is 11.0 Å². The van der Waals surface area contributed by atoms with Crippen LogP contribution in [0.2, 0.25) is 0 Å². The van der Waals surface area contributed by atoms with E-state index >= 15 is 0 Å². The van der Waals surface area contributed by atoms with Gasteiger partial charge in [-0.3, -0.25) is 9.13 Å². The average molecular weight is 357 g/mol. The molecule has 1 unspecified atom stereocenters. The van der Waals surface area contributed by atoms with Crippen LogP contribution >= 0.6 is 7.60 Å². The van der Waals surface area contributed by atoms with Crippen molar-refractivity contribution in [3.63, 3.8) is 0 Å². The Kier molecular flexibility index (Phi) is 4.63. The lowest BCUT2D eigenvalue weighted by atomic mass is 10.2. The van der Waals surface area contributed by atoms with Gasteiger partial charge in [-0.15, -0.1) is 0 Å². The van der Waals surface area contributed by atoms with E-state index in [2.05, 4.69) is 9.97 Å². The number of nitrogens with one attached hydrogen (secondary N) is 1. The summed E-state index contributed by atoms with van der Waals surface area (Å²) in [5.74, 6) is 0. The molecular formula is C14H20N3O6P. The average Bonchev–Trinajstić information content (AvgIpc) is 3.05. The van der Waals surface area contributed by atoms with E-state index in [1.807, 2.05) is 13.0 Å². The molecule has 4 atom stereocenters. The zero-order chi connectivity index (χ0) is 17.5. The minimum absolute atomic E-state index is 0.0903. The molecule has 10 heteroatoms. The lowest BCUT2D eigenvalue weighted by Crippen LogP contribution is -2.28. The highest BCUT2D eigenvalue weighted by atomic mass is 31.2. The lowest BCUT2D eigenvalue weighted by molar-refractivity contribution is -0.0497. The number of rotatable bonds is 5. The van der Waals surface area contributed by atoms with Crippen molar-refractivity contribution in [3.8, 4) is 0 Å². The Hall–Kier alpha value is -1.51. The van der Waals surface area contributed by atoms with Crippen LogP contribution in [0.1, 0.15) is 18.3 Å².